The van der Waals surface area contributed by atoms with Crippen molar-refractivity contribution in [2.24, 2.45) is 0 Å². The first-order chi connectivity index (χ1) is 20.2. The Labute approximate surface area is 252 Å². The number of hydrogen-bond donors (Lipinski definition) is 1. The summed E-state index contributed by atoms with van der Waals surface area (Å²) in [7, 11) is 0. The van der Waals surface area contributed by atoms with E-state index in [1.165, 1.54) is 17.7 Å². The Morgan fingerprint density at radius 1 is 1.10 bits per heavy atom. The highest BCUT2D eigenvalue weighted by atomic mass is 32.2. The highest BCUT2D eigenvalue weighted by molar-refractivity contribution is 7.98. The van der Waals surface area contributed by atoms with Gasteiger partial charge in [0.2, 0.25) is 0 Å². The molecule has 5 rings (SSSR count). The molecule has 5 nitrogen and oxygen atoms in total. The summed E-state index contributed by atoms with van der Waals surface area (Å²) < 4.78 is 21.6. The number of ether oxygens (including phenoxy) is 1. The Balaban J connectivity index is 1.67. The minimum absolute atomic E-state index is 0.165. The summed E-state index contributed by atoms with van der Waals surface area (Å²) in [5.41, 5.74) is 7.22. The van der Waals surface area contributed by atoms with Crippen molar-refractivity contribution in [2.45, 2.75) is 64.3 Å². The zero-order valence-corrected chi connectivity index (χ0v) is 25.9. The number of carbonyl (C=O) groups excluding carboxylic acids is 1. The standard InChI is InChI=1S/C35H39FN2O3S/c1-6-41-35(40)34-29-19-32(39)28(26-13-15-37(16-14-26)22(2)3)18-30(29)38(20-25-9-7-23(4)8-10-25)31(34)21-42-33-12-11-27(36)17-24(33)5/h7-13,17-19,22,39H,6,14-16,20-21H2,1-5H3. The lowest BCUT2D eigenvalue weighted by Gasteiger charge is -2.30. The van der Waals surface area contributed by atoms with Crippen LogP contribution in [0.1, 0.15) is 65.5 Å². The van der Waals surface area contributed by atoms with Crippen LogP contribution in [0.2, 0.25) is 0 Å². The molecule has 4 aromatic rings. The predicted molar refractivity (Wildman–Crippen MR) is 170 cm³/mol. The number of aromatic hydroxyl groups is 1. The molecule has 42 heavy (non-hydrogen) atoms. The van der Waals surface area contributed by atoms with Crippen molar-refractivity contribution in [1.82, 2.24) is 9.47 Å². The van der Waals surface area contributed by atoms with Gasteiger partial charge in [0.1, 0.15) is 11.6 Å². The van der Waals surface area contributed by atoms with Crippen molar-refractivity contribution in [3.63, 3.8) is 0 Å². The van der Waals surface area contributed by atoms with Gasteiger partial charge in [0.25, 0.3) is 0 Å². The summed E-state index contributed by atoms with van der Waals surface area (Å²) in [6.45, 7) is 12.7. The number of hydrogen-bond acceptors (Lipinski definition) is 5. The maximum absolute atomic E-state index is 13.8. The molecule has 220 valence electrons. The van der Waals surface area contributed by atoms with Gasteiger partial charge in [-0.15, -0.1) is 11.8 Å². The van der Waals surface area contributed by atoms with Crippen LogP contribution in [0.25, 0.3) is 16.5 Å². The first kappa shape index (κ1) is 29.9. The first-order valence-electron chi connectivity index (χ1n) is 14.6. The average Bonchev–Trinajstić information content (AvgIpc) is 3.25. The summed E-state index contributed by atoms with van der Waals surface area (Å²) in [5.74, 6) is -0.0378. The molecule has 0 saturated heterocycles. The number of fused-ring (bicyclic) bond motifs is 1. The molecule has 0 amide bonds. The molecule has 1 aliphatic rings. The lowest BCUT2D eigenvalue weighted by Crippen LogP contribution is -2.34. The van der Waals surface area contributed by atoms with Crippen LogP contribution in [0.4, 0.5) is 4.39 Å². The third-order valence-corrected chi connectivity index (χ3v) is 9.23. The monoisotopic (exact) mass is 586 g/mol. The molecule has 0 unspecified atom stereocenters. The number of aromatic nitrogens is 1. The summed E-state index contributed by atoms with van der Waals surface area (Å²) in [5, 5.41) is 12.0. The van der Waals surface area contributed by atoms with Crippen molar-refractivity contribution in [3.05, 3.63) is 100 Å². The van der Waals surface area contributed by atoms with Gasteiger partial charge < -0.3 is 14.4 Å². The van der Waals surface area contributed by atoms with Crippen molar-refractivity contribution < 1.29 is 19.0 Å². The quantitative estimate of drug-likeness (QED) is 0.159. The van der Waals surface area contributed by atoms with Crippen LogP contribution in [0.15, 0.2) is 65.6 Å². The van der Waals surface area contributed by atoms with Crippen LogP contribution in [-0.4, -0.2) is 46.3 Å². The van der Waals surface area contributed by atoms with E-state index in [2.05, 4.69) is 60.6 Å². The Hall–Kier alpha value is -3.55. The molecular formula is C35H39FN2O3S. The van der Waals surface area contributed by atoms with Crippen molar-refractivity contribution in [1.29, 1.82) is 0 Å². The van der Waals surface area contributed by atoms with Gasteiger partial charge in [-0.2, -0.15) is 0 Å². The van der Waals surface area contributed by atoms with Crippen LogP contribution >= 0.6 is 11.8 Å². The highest BCUT2D eigenvalue weighted by Gasteiger charge is 2.27. The molecule has 0 saturated carbocycles. The van der Waals surface area contributed by atoms with Crippen LogP contribution in [0.3, 0.4) is 0 Å². The van der Waals surface area contributed by atoms with E-state index in [9.17, 15) is 14.3 Å². The Kier molecular flexibility index (Phi) is 9.09. The van der Waals surface area contributed by atoms with E-state index in [1.54, 1.807) is 30.8 Å². The maximum atomic E-state index is 13.8. The van der Waals surface area contributed by atoms with Gasteiger partial charge in [0, 0.05) is 53.0 Å². The van der Waals surface area contributed by atoms with Crippen LogP contribution in [0.5, 0.6) is 5.75 Å². The molecule has 0 atom stereocenters. The number of rotatable bonds is 9. The second kappa shape index (κ2) is 12.8. The molecule has 2 heterocycles. The van der Waals surface area contributed by atoms with Crippen LogP contribution in [-0.2, 0) is 17.0 Å². The third-order valence-electron chi connectivity index (χ3n) is 8.05. The molecular weight excluding hydrogens is 547 g/mol. The minimum atomic E-state index is -0.409. The van der Waals surface area contributed by atoms with Gasteiger partial charge in [-0.3, -0.25) is 4.90 Å². The Morgan fingerprint density at radius 3 is 2.50 bits per heavy atom. The normalized spacial score (nSPS) is 14.0. The molecule has 0 fully saturated rings. The lowest BCUT2D eigenvalue weighted by atomic mass is 9.96. The fourth-order valence-electron chi connectivity index (χ4n) is 5.65. The molecule has 3 aromatic carbocycles. The largest absolute Gasteiger partial charge is 0.507 e. The molecule has 1 N–H and O–H groups in total. The average molecular weight is 587 g/mol. The van der Waals surface area contributed by atoms with Gasteiger partial charge in [0.15, 0.2) is 0 Å². The van der Waals surface area contributed by atoms with Crippen molar-refractivity contribution in [3.8, 4) is 5.75 Å². The second-order valence-electron chi connectivity index (χ2n) is 11.3. The van der Waals surface area contributed by atoms with Crippen molar-refractivity contribution >= 4 is 34.2 Å². The fourth-order valence-corrected chi connectivity index (χ4v) is 6.69. The lowest BCUT2D eigenvalue weighted by molar-refractivity contribution is 0.0527. The molecule has 7 heteroatoms. The molecule has 1 aromatic heterocycles. The van der Waals surface area contributed by atoms with Gasteiger partial charge in [0.05, 0.1) is 17.7 Å². The topological polar surface area (TPSA) is 54.7 Å². The molecule has 0 bridgehead atoms. The molecule has 0 radical (unpaired) electrons. The number of esters is 1. The SMILES string of the molecule is CCOC(=O)c1c(CSc2ccc(F)cc2C)n(Cc2ccc(C)cc2)c2cc(C3=CCN(C(C)C)CC3)c(O)cc12. The van der Waals surface area contributed by atoms with Crippen molar-refractivity contribution in [2.75, 3.05) is 19.7 Å². The van der Waals surface area contributed by atoms with E-state index in [-0.39, 0.29) is 18.2 Å². The van der Waals surface area contributed by atoms with Gasteiger partial charge in [-0.1, -0.05) is 35.9 Å². The fraction of sp³-hybridized carbons (Fsp3) is 0.343. The summed E-state index contributed by atoms with van der Waals surface area (Å²) in [6.07, 6.45) is 3.05. The van der Waals surface area contributed by atoms with E-state index in [0.717, 1.165) is 57.9 Å². The van der Waals surface area contributed by atoms with Gasteiger partial charge >= 0.3 is 5.97 Å². The summed E-state index contributed by atoms with van der Waals surface area (Å²) >= 11 is 1.57. The third kappa shape index (κ3) is 6.27. The number of nitrogens with zero attached hydrogens (tertiary/aromatic N) is 2. The number of carbonyl (C=O) groups is 1. The van der Waals surface area contributed by atoms with Gasteiger partial charge in [-0.25, -0.2) is 9.18 Å². The number of phenolic OH excluding ortho intramolecular Hbond substituents is 1. The second-order valence-corrected chi connectivity index (χ2v) is 12.3. The summed E-state index contributed by atoms with van der Waals surface area (Å²) in [6, 6.07) is 17.4. The Bertz CT molecular complexity index is 1640. The highest BCUT2D eigenvalue weighted by Crippen LogP contribution is 2.39. The predicted octanol–water partition coefficient (Wildman–Crippen LogP) is 8.12. The first-order valence-corrected chi connectivity index (χ1v) is 15.6. The van der Waals surface area contributed by atoms with Crippen LogP contribution in [0, 0.1) is 19.7 Å². The minimum Gasteiger partial charge on any atom is -0.507 e. The van der Waals surface area contributed by atoms with E-state index < -0.39 is 5.97 Å². The zero-order valence-electron chi connectivity index (χ0n) is 25.0. The number of phenols is 1. The molecule has 0 aliphatic carbocycles. The number of benzene rings is 3. The van der Waals surface area contributed by atoms with Crippen LogP contribution < -0.4 is 0 Å². The Morgan fingerprint density at radius 2 is 1.86 bits per heavy atom. The van der Waals surface area contributed by atoms with E-state index in [1.807, 2.05) is 13.0 Å². The van der Waals surface area contributed by atoms with Gasteiger partial charge in [-0.05, 0) is 88.1 Å². The molecule has 0 spiro atoms. The number of halogens is 1. The number of thioether (sulfide) groups is 1. The van der Waals surface area contributed by atoms with E-state index in [0.29, 0.717) is 29.3 Å². The smallest absolute Gasteiger partial charge is 0.340 e. The summed E-state index contributed by atoms with van der Waals surface area (Å²) in [4.78, 5) is 16.9. The zero-order chi connectivity index (χ0) is 30.0. The van der Waals surface area contributed by atoms with E-state index >= 15 is 0 Å². The number of aryl methyl sites for hydroxylation is 2. The molecule has 1 aliphatic heterocycles. The maximum Gasteiger partial charge on any atom is 0.340 e. The van der Waals surface area contributed by atoms with E-state index in [4.69, 9.17) is 4.74 Å².